The van der Waals surface area contributed by atoms with Gasteiger partial charge in [0.2, 0.25) is 5.91 Å². The van der Waals surface area contributed by atoms with E-state index in [2.05, 4.69) is 5.32 Å². The molecule has 0 bridgehead atoms. The first-order valence-electron chi connectivity index (χ1n) is 4.67. The zero-order valence-electron chi connectivity index (χ0n) is 8.63. The summed E-state index contributed by atoms with van der Waals surface area (Å²) in [6.45, 7) is 1.65. The van der Waals surface area contributed by atoms with Crippen LogP contribution in [0.5, 0.6) is 0 Å². The van der Waals surface area contributed by atoms with E-state index in [-0.39, 0.29) is 23.3 Å². The molecule has 1 atom stereocenters. The number of nitriles is 1. The highest BCUT2D eigenvalue weighted by Gasteiger charge is 2.09. The number of anilines is 1. The number of nitrogens with one attached hydrogen (secondary N) is 1. The quantitative estimate of drug-likeness (QED) is 0.883. The third-order valence-electron chi connectivity index (χ3n) is 1.92. The Morgan fingerprint density at radius 1 is 1.69 bits per heavy atom. The smallest absolute Gasteiger partial charge is 0.225 e. The van der Waals surface area contributed by atoms with E-state index in [0.717, 1.165) is 0 Å². The summed E-state index contributed by atoms with van der Waals surface area (Å²) >= 11 is 5.55. The van der Waals surface area contributed by atoms with E-state index < -0.39 is 5.82 Å². The van der Waals surface area contributed by atoms with Crippen molar-refractivity contribution < 1.29 is 9.18 Å². The van der Waals surface area contributed by atoms with Gasteiger partial charge in [0.1, 0.15) is 5.82 Å². The fourth-order valence-corrected chi connectivity index (χ4v) is 1.29. The van der Waals surface area contributed by atoms with Crippen LogP contribution in [0.15, 0.2) is 18.2 Å². The van der Waals surface area contributed by atoms with E-state index in [9.17, 15) is 9.18 Å². The minimum Gasteiger partial charge on any atom is -0.326 e. The van der Waals surface area contributed by atoms with Crippen LogP contribution in [-0.4, -0.2) is 5.91 Å². The minimum absolute atomic E-state index is 0.0499. The van der Waals surface area contributed by atoms with Gasteiger partial charge in [-0.15, -0.1) is 0 Å². The second kappa shape index (κ2) is 5.47. The molecule has 0 heterocycles. The molecule has 0 aromatic heterocycles. The Bertz CT molecular complexity index is 442. The molecule has 84 valence electrons. The lowest BCUT2D eigenvalue weighted by atomic mass is 10.1. The molecule has 0 saturated heterocycles. The van der Waals surface area contributed by atoms with Gasteiger partial charge in [0.15, 0.2) is 0 Å². The van der Waals surface area contributed by atoms with Gasteiger partial charge < -0.3 is 5.32 Å². The van der Waals surface area contributed by atoms with Crippen molar-refractivity contribution in [3.8, 4) is 6.07 Å². The van der Waals surface area contributed by atoms with Crippen molar-refractivity contribution >= 4 is 23.2 Å². The largest absolute Gasteiger partial charge is 0.326 e. The standard InChI is InChI=1S/C11H10ClFN2O/c1-7(6-14)4-11(16)15-8-2-3-10(13)9(12)5-8/h2-3,5,7H,4H2,1H3,(H,15,16). The van der Waals surface area contributed by atoms with Crippen molar-refractivity contribution in [2.24, 2.45) is 5.92 Å². The number of carbonyl (C=O) groups is 1. The number of amides is 1. The Morgan fingerprint density at radius 2 is 2.38 bits per heavy atom. The van der Waals surface area contributed by atoms with Gasteiger partial charge in [-0.1, -0.05) is 11.6 Å². The van der Waals surface area contributed by atoms with Crippen LogP contribution in [0.25, 0.3) is 0 Å². The second-order valence-electron chi connectivity index (χ2n) is 3.41. The maximum atomic E-state index is 12.8. The second-order valence-corrected chi connectivity index (χ2v) is 3.82. The van der Waals surface area contributed by atoms with Gasteiger partial charge in [-0.05, 0) is 25.1 Å². The number of carbonyl (C=O) groups excluding carboxylic acids is 1. The molecule has 0 fully saturated rings. The third kappa shape index (κ3) is 3.52. The summed E-state index contributed by atoms with van der Waals surface area (Å²) in [5.41, 5.74) is 0.418. The maximum absolute atomic E-state index is 12.8. The number of rotatable bonds is 3. The Hall–Kier alpha value is -1.60. The third-order valence-corrected chi connectivity index (χ3v) is 2.20. The summed E-state index contributed by atoms with van der Waals surface area (Å²) < 4.78 is 12.8. The first kappa shape index (κ1) is 12.5. The van der Waals surface area contributed by atoms with Crippen LogP contribution in [0.1, 0.15) is 13.3 Å². The van der Waals surface area contributed by atoms with Crippen LogP contribution in [-0.2, 0) is 4.79 Å². The van der Waals surface area contributed by atoms with Crippen LogP contribution in [0.3, 0.4) is 0 Å². The van der Waals surface area contributed by atoms with Crippen molar-refractivity contribution in [3.63, 3.8) is 0 Å². The molecule has 1 aromatic carbocycles. The molecule has 0 spiro atoms. The van der Waals surface area contributed by atoms with Crippen LogP contribution < -0.4 is 5.32 Å². The zero-order chi connectivity index (χ0) is 12.1. The average molecular weight is 241 g/mol. The molecule has 0 aliphatic heterocycles. The van der Waals surface area contributed by atoms with Gasteiger partial charge in [0.25, 0.3) is 0 Å². The Balaban J connectivity index is 2.64. The van der Waals surface area contributed by atoms with Crippen molar-refractivity contribution in [1.29, 1.82) is 5.26 Å². The molecule has 1 rings (SSSR count). The Labute approximate surface area is 97.8 Å². The summed E-state index contributed by atoms with van der Waals surface area (Å²) in [5, 5.41) is 11.0. The number of hydrogen-bond donors (Lipinski definition) is 1. The van der Waals surface area contributed by atoms with Gasteiger partial charge in [-0.3, -0.25) is 4.79 Å². The van der Waals surface area contributed by atoms with Gasteiger partial charge in [-0.25, -0.2) is 4.39 Å². The number of halogens is 2. The highest BCUT2D eigenvalue weighted by molar-refractivity contribution is 6.31. The van der Waals surface area contributed by atoms with E-state index >= 15 is 0 Å². The molecular formula is C11H10ClFN2O. The Morgan fingerprint density at radius 3 is 2.94 bits per heavy atom. The summed E-state index contributed by atoms with van der Waals surface area (Å²) in [7, 11) is 0. The number of hydrogen-bond acceptors (Lipinski definition) is 2. The number of nitrogens with zero attached hydrogens (tertiary/aromatic N) is 1. The fraction of sp³-hybridized carbons (Fsp3) is 0.273. The average Bonchev–Trinajstić information content (AvgIpc) is 2.23. The summed E-state index contributed by atoms with van der Waals surface area (Å²) in [6, 6.07) is 5.87. The van der Waals surface area contributed by atoms with E-state index in [1.165, 1.54) is 18.2 Å². The zero-order valence-corrected chi connectivity index (χ0v) is 9.38. The molecule has 1 amide bonds. The lowest BCUT2D eigenvalue weighted by molar-refractivity contribution is -0.116. The molecule has 1 aromatic rings. The SMILES string of the molecule is CC(C#N)CC(=O)Nc1ccc(F)c(Cl)c1. The van der Waals surface area contributed by atoms with E-state index in [1.807, 2.05) is 6.07 Å². The highest BCUT2D eigenvalue weighted by atomic mass is 35.5. The van der Waals surface area contributed by atoms with E-state index in [0.29, 0.717) is 5.69 Å². The van der Waals surface area contributed by atoms with Crippen LogP contribution in [0.2, 0.25) is 5.02 Å². The van der Waals surface area contributed by atoms with Gasteiger partial charge in [0, 0.05) is 12.1 Å². The highest BCUT2D eigenvalue weighted by Crippen LogP contribution is 2.19. The molecule has 16 heavy (non-hydrogen) atoms. The van der Waals surface area contributed by atoms with Crippen molar-refractivity contribution in [1.82, 2.24) is 0 Å². The van der Waals surface area contributed by atoms with Gasteiger partial charge in [0.05, 0.1) is 17.0 Å². The van der Waals surface area contributed by atoms with Crippen LogP contribution in [0, 0.1) is 23.1 Å². The molecule has 5 heteroatoms. The lowest BCUT2D eigenvalue weighted by Gasteiger charge is -2.06. The summed E-state index contributed by atoms with van der Waals surface area (Å²) in [5.74, 6) is -1.18. The predicted octanol–water partition coefficient (Wildman–Crippen LogP) is 2.97. The molecule has 0 radical (unpaired) electrons. The maximum Gasteiger partial charge on any atom is 0.225 e. The molecule has 1 N–H and O–H groups in total. The van der Waals surface area contributed by atoms with Crippen LogP contribution >= 0.6 is 11.6 Å². The summed E-state index contributed by atoms with van der Waals surface area (Å²) in [4.78, 5) is 11.4. The minimum atomic E-state index is -0.537. The first-order valence-corrected chi connectivity index (χ1v) is 5.05. The molecule has 3 nitrogen and oxygen atoms in total. The van der Waals surface area contributed by atoms with Gasteiger partial charge in [-0.2, -0.15) is 5.26 Å². The molecule has 1 unspecified atom stereocenters. The molecule has 0 aliphatic rings. The molecular weight excluding hydrogens is 231 g/mol. The monoisotopic (exact) mass is 240 g/mol. The predicted molar refractivity (Wildman–Crippen MR) is 59.4 cm³/mol. The van der Waals surface area contributed by atoms with Crippen molar-refractivity contribution in [3.05, 3.63) is 29.0 Å². The molecule has 0 aliphatic carbocycles. The fourth-order valence-electron chi connectivity index (χ4n) is 1.11. The Kier molecular flexibility index (Phi) is 4.27. The normalized spacial score (nSPS) is 11.6. The van der Waals surface area contributed by atoms with E-state index in [4.69, 9.17) is 16.9 Å². The summed E-state index contributed by atoms with van der Waals surface area (Å²) in [6.07, 6.45) is 0.103. The first-order chi connectivity index (χ1) is 7.52. The van der Waals surface area contributed by atoms with Crippen molar-refractivity contribution in [2.45, 2.75) is 13.3 Å². The topological polar surface area (TPSA) is 52.9 Å². The lowest BCUT2D eigenvalue weighted by Crippen LogP contribution is -2.14. The van der Waals surface area contributed by atoms with Crippen LogP contribution in [0.4, 0.5) is 10.1 Å². The number of benzene rings is 1. The molecule has 0 saturated carbocycles. The van der Waals surface area contributed by atoms with Gasteiger partial charge >= 0.3 is 0 Å². The van der Waals surface area contributed by atoms with Crippen molar-refractivity contribution in [2.75, 3.05) is 5.32 Å². The van der Waals surface area contributed by atoms with E-state index in [1.54, 1.807) is 6.92 Å².